The number of hydrogen-bond acceptors (Lipinski definition) is 8. The lowest BCUT2D eigenvalue weighted by Crippen LogP contribution is -2.61. The first-order chi connectivity index (χ1) is 23.1. The number of amides is 3. The molecule has 1 saturated carbocycles. The van der Waals surface area contributed by atoms with Gasteiger partial charge in [-0.2, -0.15) is 0 Å². The van der Waals surface area contributed by atoms with Gasteiger partial charge in [0.25, 0.3) is 5.91 Å². The van der Waals surface area contributed by atoms with Crippen molar-refractivity contribution in [3.63, 3.8) is 0 Å². The van der Waals surface area contributed by atoms with Gasteiger partial charge in [-0.25, -0.2) is 4.39 Å². The minimum absolute atomic E-state index is 0.0503. The summed E-state index contributed by atoms with van der Waals surface area (Å²) >= 11 is 0. The van der Waals surface area contributed by atoms with Gasteiger partial charge in [0, 0.05) is 68.9 Å². The number of anilines is 1. The van der Waals surface area contributed by atoms with Crippen LogP contribution in [0.5, 0.6) is 0 Å². The van der Waals surface area contributed by atoms with E-state index in [9.17, 15) is 14.4 Å². The van der Waals surface area contributed by atoms with Crippen LogP contribution in [0.15, 0.2) is 12.1 Å². The zero-order chi connectivity index (χ0) is 33.4. The van der Waals surface area contributed by atoms with E-state index in [1.54, 1.807) is 12.1 Å². The lowest BCUT2D eigenvalue weighted by atomic mass is 9.86. The normalized spacial score (nSPS) is 30.9. The van der Waals surface area contributed by atoms with Gasteiger partial charge >= 0.3 is 0 Å². The predicted molar refractivity (Wildman–Crippen MR) is 182 cm³/mol. The fourth-order valence-electron chi connectivity index (χ4n) is 9.33. The summed E-state index contributed by atoms with van der Waals surface area (Å²) in [5.74, 6) is 0.00172. The maximum absolute atomic E-state index is 15.8. The van der Waals surface area contributed by atoms with Crippen LogP contribution in [0.4, 0.5) is 10.1 Å². The van der Waals surface area contributed by atoms with Gasteiger partial charge < -0.3 is 19.9 Å². The molecule has 5 heterocycles. The first kappa shape index (κ1) is 33.9. The van der Waals surface area contributed by atoms with Crippen LogP contribution < -0.4 is 15.5 Å². The molecule has 11 heteroatoms. The van der Waals surface area contributed by atoms with Crippen molar-refractivity contribution < 1.29 is 23.5 Å². The Morgan fingerprint density at radius 1 is 0.896 bits per heavy atom. The third-order valence-electron chi connectivity index (χ3n) is 12.1. The molecule has 10 nitrogen and oxygen atoms in total. The zero-order valence-electron chi connectivity index (χ0n) is 29.0. The molecule has 1 aliphatic carbocycles. The van der Waals surface area contributed by atoms with E-state index in [1.165, 1.54) is 69.9 Å². The number of carbonyl (C=O) groups is 3. The summed E-state index contributed by atoms with van der Waals surface area (Å²) in [5, 5.41) is 5.89. The van der Waals surface area contributed by atoms with Crippen molar-refractivity contribution in [1.82, 2.24) is 25.3 Å². The SMILES string of the molecule is CC1(C)CN(C[C@H]2CC[C@H](OC3CCN(c4ccc5c(c4F)CN(C4CCC(=O)NC4=O)C5=O)CC3)CC2)CCN1C[C@H]1CCCNC1. The summed E-state index contributed by atoms with van der Waals surface area (Å²) in [5.41, 5.74) is 1.40. The Balaban J connectivity index is 0.843. The van der Waals surface area contributed by atoms with Crippen LogP contribution in [0.1, 0.15) is 94.0 Å². The molecule has 2 N–H and O–H groups in total. The van der Waals surface area contributed by atoms with E-state index in [4.69, 9.17) is 4.74 Å². The van der Waals surface area contributed by atoms with Gasteiger partial charge in [-0.15, -0.1) is 0 Å². The van der Waals surface area contributed by atoms with E-state index in [0.29, 0.717) is 36.0 Å². The fraction of sp³-hybridized carbons (Fsp3) is 0.757. The molecule has 1 aromatic carbocycles. The molecule has 2 atom stereocenters. The molecule has 264 valence electrons. The molecule has 0 bridgehead atoms. The fourth-order valence-corrected chi connectivity index (χ4v) is 9.33. The Kier molecular flexibility index (Phi) is 10.1. The van der Waals surface area contributed by atoms with Crippen molar-refractivity contribution in [1.29, 1.82) is 0 Å². The number of hydrogen-bond donors (Lipinski definition) is 2. The van der Waals surface area contributed by atoms with Crippen LogP contribution in [-0.2, 0) is 20.9 Å². The Morgan fingerprint density at radius 3 is 2.38 bits per heavy atom. The first-order valence-electron chi connectivity index (χ1n) is 18.7. The molecule has 7 rings (SSSR count). The predicted octanol–water partition coefficient (Wildman–Crippen LogP) is 3.53. The monoisotopic (exact) mass is 666 g/mol. The Bertz CT molecular complexity index is 1350. The van der Waals surface area contributed by atoms with Crippen LogP contribution in [0.25, 0.3) is 0 Å². The quantitative estimate of drug-likeness (QED) is 0.407. The first-order valence-corrected chi connectivity index (χ1v) is 18.7. The average Bonchev–Trinajstić information content (AvgIpc) is 3.41. The number of imide groups is 1. The lowest BCUT2D eigenvalue weighted by molar-refractivity contribution is -0.136. The third kappa shape index (κ3) is 7.30. The second-order valence-electron chi connectivity index (χ2n) is 16.0. The number of piperidine rings is 3. The largest absolute Gasteiger partial charge is 0.375 e. The molecule has 1 unspecified atom stereocenters. The minimum atomic E-state index is -0.745. The Hall–Kier alpha value is -2.60. The molecule has 3 amide bonds. The van der Waals surface area contributed by atoms with E-state index in [0.717, 1.165) is 44.1 Å². The van der Waals surface area contributed by atoms with Gasteiger partial charge in [-0.05, 0) is 109 Å². The highest BCUT2D eigenvalue weighted by Crippen LogP contribution is 2.36. The number of nitrogens with zero attached hydrogens (tertiary/aromatic N) is 4. The highest BCUT2D eigenvalue weighted by Gasteiger charge is 2.41. The Labute approximate surface area is 285 Å². The molecular weight excluding hydrogens is 611 g/mol. The van der Waals surface area contributed by atoms with Crippen LogP contribution in [0.2, 0.25) is 0 Å². The van der Waals surface area contributed by atoms with E-state index in [2.05, 4.69) is 39.2 Å². The second-order valence-corrected chi connectivity index (χ2v) is 16.0. The maximum atomic E-state index is 15.8. The van der Waals surface area contributed by atoms with Crippen molar-refractivity contribution >= 4 is 23.4 Å². The zero-order valence-corrected chi connectivity index (χ0v) is 29.0. The molecular formula is C37H55FN6O4. The van der Waals surface area contributed by atoms with E-state index >= 15 is 4.39 Å². The average molecular weight is 667 g/mol. The van der Waals surface area contributed by atoms with Gasteiger partial charge in [-0.1, -0.05) is 0 Å². The number of piperazine rings is 1. The van der Waals surface area contributed by atoms with Gasteiger partial charge in [-0.3, -0.25) is 29.5 Å². The van der Waals surface area contributed by atoms with Crippen LogP contribution >= 0.6 is 0 Å². The van der Waals surface area contributed by atoms with Crippen molar-refractivity contribution in [2.45, 2.75) is 108 Å². The molecule has 1 aromatic rings. The summed E-state index contributed by atoms with van der Waals surface area (Å²) in [6, 6.07) is 2.65. The smallest absolute Gasteiger partial charge is 0.255 e. The van der Waals surface area contributed by atoms with Crippen molar-refractivity contribution in [2.24, 2.45) is 11.8 Å². The van der Waals surface area contributed by atoms with Crippen molar-refractivity contribution in [2.75, 3.05) is 63.8 Å². The van der Waals surface area contributed by atoms with Crippen LogP contribution in [0, 0.1) is 17.7 Å². The molecule has 0 spiro atoms. The number of rotatable bonds is 8. The maximum Gasteiger partial charge on any atom is 0.255 e. The molecule has 48 heavy (non-hydrogen) atoms. The topological polar surface area (TPSA) is 97.5 Å². The minimum Gasteiger partial charge on any atom is -0.375 e. The van der Waals surface area contributed by atoms with Crippen LogP contribution in [-0.4, -0.2) is 115 Å². The van der Waals surface area contributed by atoms with E-state index in [-0.39, 0.29) is 48.7 Å². The molecule has 5 fully saturated rings. The summed E-state index contributed by atoms with van der Waals surface area (Å²) in [6.45, 7) is 14.6. The summed E-state index contributed by atoms with van der Waals surface area (Å²) in [6.07, 6.45) is 10.0. The molecule has 0 radical (unpaired) electrons. The number of ether oxygens (including phenoxy) is 1. The van der Waals surface area contributed by atoms with Gasteiger partial charge in [0.05, 0.1) is 24.4 Å². The van der Waals surface area contributed by atoms with Gasteiger partial charge in [0.15, 0.2) is 5.82 Å². The number of carbonyl (C=O) groups excluding carboxylic acids is 3. The van der Waals surface area contributed by atoms with E-state index in [1.807, 2.05) is 0 Å². The van der Waals surface area contributed by atoms with Crippen molar-refractivity contribution in [3.8, 4) is 0 Å². The van der Waals surface area contributed by atoms with Gasteiger partial charge in [0.2, 0.25) is 11.8 Å². The lowest BCUT2D eigenvalue weighted by Gasteiger charge is -2.49. The van der Waals surface area contributed by atoms with E-state index < -0.39 is 11.9 Å². The number of nitrogens with one attached hydrogen (secondary N) is 2. The number of fused-ring (bicyclic) bond motifs is 1. The third-order valence-corrected chi connectivity index (χ3v) is 12.1. The summed E-state index contributed by atoms with van der Waals surface area (Å²) in [4.78, 5) is 46.0. The van der Waals surface area contributed by atoms with Crippen molar-refractivity contribution in [3.05, 3.63) is 29.1 Å². The Morgan fingerprint density at radius 2 is 1.67 bits per heavy atom. The molecule has 4 saturated heterocycles. The summed E-state index contributed by atoms with van der Waals surface area (Å²) in [7, 11) is 0. The number of halogens is 1. The molecule has 5 aliphatic heterocycles. The highest BCUT2D eigenvalue weighted by molar-refractivity contribution is 6.05. The summed E-state index contributed by atoms with van der Waals surface area (Å²) < 4.78 is 22.5. The molecule has 6 aliphatic rings. The molecule has 0 aromatic heterocycles. The van der Waals surface area contributed by atoms with Gasteiger partial charge in [0.1, 0.15) is 6.04 Å². The second kappa shape index (κ2) is 14.3. The highest BCUT2D eigenvalue weighted by atomic mass is 19.1. The van der Waals surface area contributed by atoms with Crippen LogP contribution in [0.3, 0.4) is 0 Å². The standard InChI is InChI=1S/C37H55FN6O4/c1-37(2)24-41(18-19-43(37)22-26-4-3-15-39-20-26)21-25-5-7-27(8-6-25)48-28-13-16-42(17-14-28)31-10-9-29-30(34(31)38)23-44(36(29)47)32-11-12-33(45)40-35(32)46/h9-10,25-28,32,39H,3-8,11-24H2,1-2H3,(H,40,45,46)/t25-,26-,27-,32?/m0/s1. The number of benzene rings is 1.